The van der Waals surface area contributed by atoms with Crippen LogP contribution in [-0.4, -0.2) is 23.9 Å². The Bertz CT molecular complexity index is 456. The highest BCUT2D eigenvalue weighted by molar-refractivity contribution is 5.78. The average molecular weight is 305 g/mol. The van der Waals surface area contributed by atoms with Crippen LogP contribution in [0.4, 0.5) is 30.7 Å². The Balaban J connectivity index is 2.43. The van der Waals surface area contributed by atoms with Crippen molar-refractivity contribution in [2.75, 3.05) is 0 Å². The molecule has 0 saturated heterocycles. The van der Waals surface area contributed by atoms with Crippen molar-refractivity contribution < 1.29 is 35.5 Å². The molecule has 0 aromatic rings. The minimum Gasteiger partial charge on any atom is -0.369 e. The second-order valence-electron chi connectivity index (χ2n) is 5.10. The van der Waals surface area contributed by atoms with E-state index in [-0.39, 0.29) is 6.42 Å². The minimum atomic E-state index is -6.40. The number of hydrogen-bond donors (Lipinski definition) is 1. The van der Waals surface area contributed by atoms with E-state index in [9.17, 15) is 35.5 Å². The highest BCUT2D eigenvalue weighted by Crippen LogP contribution is 2.60. The van der Waals surface area contributed by atoms with Gasteiger partial charge in [0.25, 0.3) is 0 Å². The summed E-state index contributed by atoms with van der Waals surface area (Å²) in [5.41, 5.74) is 4.89. The molecule has 2 nitrogen and oxygen atoms in total. The van der Waals surface area contributed by atoms with Gasteiger partial charge in [-0.1, -0.05) is 12.2 Å². The Hall–Kier alpha value is -1.28. The topological polar surface area (TPSA) is 43.1 Å². The van der Waals surface area contributed by atoms with Gasteiger partial charge < -0.3 is 5.73 Å². The van der Waals surface area contributed by atoms with Gasteiger partial charge in [-0.2, -0.15) is 30.7 Å². The molecule has 0 radical (unpaired) electrons. The largest absolute Gasteiger partial charge is 0.459 e. The lowest BCUT2D eigenvalue weighted by atomic mass is 9.76. The molecule has 20 heavy (non-hydrogen) atoms. The molecule has 1 amide bonds. The maximum Gasteiger partial charge on any atom is 0.459 e. The molecule has 0 unspecified atom stereocenters. The number of halogens is 7. The number of alkyl halides is 7. The highest BCUT2D eigenvalue weighted by Gasteiger charge is 2.78. The van der Waals surface area contributed by atoms with Crippen LogP contribution < -0.4 is 5.73 Å². The molecule has 0 aliphatic heterocycles. The second-order valence-corrected chi connectivity index (χ2v) is 5.10. The molecule has 2 aliphatic carbocycles. The number of fused-ring (bicyclic) bond motifs is 2. The summed E-state index contributed by atoms with van der Waals surface area (Å²) in [7, 11) is 0. The van der Waals surface area contributed by atoms with Gasteiger partial charge in [0.05, 0.1) is 5.92 Å². The number of rotatable bonds is 3. The quantitative estimate of drug-likeness (QED) is 0.632. The summed E-state index contributed by atoms with van der Waals surface area (Å²) >= 11 is 0. The van der Waals surface area contributed by atoms with E-state index in [1.54, 1.807) is 0 Å². The molecule has 2 N–H and O–H groups in total. The Kier molecular flexibility index (Phi) is 3.11. The number of primary amides is 1. The zero-order valence-corrected chi connectivity index (χ0v) is 9.80. The monoisotopic (exact) mass is 305 g/mol. The van der Waals surface area contributed by atoms with Crippen molar-refractivity contribution in [1.82, 2.24) is 0 Å². The first-order valence-electron chi connectivity index (χ1n) is 5.71. The van der Waals surface area contributed by atoms with Gasteiger partial charge in [-0.15, -0.1) is 0 Å². The molecular weight excluding hydrogens is 295 g/mol. The van der Waals surface area contributed by atoms with E-state index in [1.807, 2.05) is 0 Å². The molecule has 2 rings (SSSR count). The van der Waals surface area contributed by atoms with E-state index in [2.05, 4.69) is 0 Å². The van der Waals surface area contributed by atoms with E-state index in [4.69, 9.17) is 5.73 Å². The molecule has 1 saturated carbocycles. The van der Waals surface area contributed by atoms with Crippen LogP contribution in [0.1, 0.15) is 6.42 Å². The summed E-state index contributed by atoms with van der Waals surface area (Å²) in [6.45, 7) is 0. The van der Waals surface area contributed by atoms with Gasteiger partial charge in [-0.25, -0.2) is 0 Å². The van der Waals surface area contributed by atoms with Crippen LogP contribution in [0, 0.1) is 23.7 Å². The normalized spacial score (nSPS) is 33.8. The van der Waals surface area contributed by atoms with Gasteiger partial charge in [0.1, 0.15) is 0 Å². The predicted octanol–water partition coefficient (Wildman–Crippen LogP) is 2.74. The van der Waals surface area contributed by atoms with Crippen LogP contribution in [0.2, 0.25) is 0 Å². The molecule has 0 aromatic carbocycles. The van der Waals surface area contributed by atoms with Gasteiger partial charge in [-0.05, 0) is 18.3 Å². The predicted molar refractivity (Wildman–Crippen MR) is 52.9 cm³/mol. The maximum atomic E-state index is 13.8. The highest BCUT2D eigenvalue weighted by atomic mass is 19.4. The number of allylic oxidation sites excluding steroid dienone is 2. The molecule has 0 heterocycles. The molecule has 4 atom stereocenters. The van der Waals surface area contributed by atoms with Gasteiger partial charge >= 0.3 is 18.0 Å². The maximum absolute atomic E-state index is 13.8. The fraction of sp³-hybridized carbons (Fsp3) is 0.727. The van der Waals surface area contributed by atoms with E-state index >= 15 is 0 Å². The minimum absolute atomic E-state index is 0.0677. The molecule has 0 spiro atoms. The Morgan fingerprint density at radius 1 is 1.00 bits per heavy atom. The Labute approximate surface area is 108 Å². The fourth-order valence-corrected chi connectivity index (χ4v) is 3.10. The molecule has 114 valence electrons. The van der Waals surface area contributed by atoms with Gasteiger partial charge in [0.15, 0.2) is 0 Å². The Morgan fingerprint density at radius 3 is 1.95 bits per heavy atom. The van der Waals surface area contributed by atoms with Crippen LogP contribution in [0.5, 0.6) is 0 Å². The first-order valence-corrected chi connectivity index (χ1v) is 5.71. The number of hydrogen-bond acceptors (Lipinski definition) is 1. The van der Waals surface area contributed by atoms with Crippen LogP contribution in [0.25, 0.3) is 0 Å². The number of carbonyl (C=O) groups is 1. The van der Waals surface area contributed by atoms with Crippen LogP contribution in [0.3, 0.4) is 0 Å². The van der Waals surface area contributed by atoms with Gasteiger partial charge in [0, 0.05) is 5.92 Å². The SMILES string of the molecule is NC(=O)[C@@H]1[C@@H](C(F)(F)C(F)(F)C(F)(F)F)[C@H]2C=C[C@@H]1C2. The Morgan fingerprint density at radius 2 is 1.50 bits per heavy atom. The first kappa shape index (κ1) is 15.1. The van der Waals surface area contributed by atoms with Crippen LogP contribution in [0.15, 0.2) is 12.2 Å². The lowest BCUT2D eigenvalue weighted by Crippen LogP contribution is -2.59. The first-order chi connectivity index (χ1) is 8.91. The van der Waals surface area contributed by atoms with Crippen molar-refractivity contribution >= 4 is 5.91 Å². The van der Waals surface area contributed by atoms with Crippen molar-refractivity contribution in [2.45, 2.75) is 24.4 Å². The molecule has 2 bridgehead atoms. The third-order valence-corrected chi connectivity index (χ3v) is 3.98. The van der Waals surface area contributed by atoms with Crippen molar-refractivity contribution in [3.8, 4) is 0 Å². The summed E-state index contributed by atoms with van der Waals surface area (Å²) in [6.07, 6.45) is -3.96. The average Bonchev–Trinajstić information content (AvgIpc) is 2.86. The van der Waals surface area contributed by atoms with Crippen molar-refractivity contribution in [3.05, 3.63) is 12.2 Å². The molecule has 0 aromatic heterocycles. The van der Waals surface area contributed by atoms with Gasteiger partial charge in [0.2, 0.25) is 5.91 Å². The summed E-state index contributed by atoms with van der Waals surface area (Å²) in [5.74, 6) is -19.1. The van der Waals surface area contributed by atoms with E-state index in [0.29, 0.717) is 0 Å². The van der Waals surface area contributed by atoms with E-state index in [1.165, 1.54) is 6.08 Å². The van der Waals surface area contributed by atoms with Crippen molar-refractivity contribution in [2.24, 2.45) is 29.4 Å². The summed E-state index contributed by atoms with van der Waals surface area (Å²) in [5, 5.41) is 0. The fourth-order valence-electron chi connectivity index (χ4n) is 3.10. The number of nitrogens with two attached hydrogens (primary N) is 1. The zero-order valence-electron chi connectivity index (χ0n) is 9.80. The van der Waals surface area contributed by atoms with Crippen LogP contribution in [-0.2, 0) is 4.79 Å². The lowest BCUT2D eigenvalue weighted by Gasteiger charge is -2.37. The summed E-state index contributed by atoms with van der Waals surface area (Å²) in [6, 6.07) is 0. The van der Waals surface area contributed by atoms with Crippen molar-refractivity contribution in [3.63, 3.8) is 0 Å². The molecular formula is C11H10F7NO. The standard InChI is InChI=1S/C11H10F7NO/c12-9(13,10(14,15)11(16,17)18)7-5-2-1-4(3-5)6(7)8(19)20/h1-2,4-7H,3H2,(H2,19,20)/t4-,5+,6+,7+/m1/s1. The summed E-state index contributed by atoms with van der Waals surface area (Å²) in [4.78, 5) is 11.2. The third-order valence-electron chi connectivity index (χ3n) is 3.98. The van der Waals surface area contributed by atoms with E-state index < -0.39 is 47.6 Å². The van der Waals surface area contributed by atoms with Crippen LogP contribution >= 0.6 is 0 Å². The molecule has 2 aliphatic rings. The van der Waals surface area contributed by atoms with E-state index in [0.717, 1.165) is 6.08 Å². The van der Waals surface area contributed by atoms with Gasteiger partial charge in [-0.3, -0.25) is 4.79 Å². The smallest absolute Gasteiger partial charge is 0.369 e. The lowest BCUT2D eigenvalue weighted by molar-refractivity contribution is -0.369. The number of carbonyl (C=O) groups excluding carboxylic acids is 1. The third kappa shape index (κ3) is 1.81. The summed E-state index contributed by atoms with van der Waals surface area (Å²) < 4.78 is 90.2. The molecule has 9 heteroatoms. The van der Waals surface area contributed by atoms with Crippen molar-refractivity contribution in [1.29, 1.82) is 0 Å². The number of amides is 1. The zero-order chi connectivity index (χ0) is 15.5. The molecule has 1 fully saturated rings. The second kappa shape index (κ2) is 4.11.